The highest BCUT2D eigenvalue weighted by Gasteiger charge is 2.26. The van der Waals surface area contributed by atoms with Crippen LogP contribution in [0.3, 0.4) is 0 Å². The molecule has 1 saturated heterocycles. The molecule has 2 aliphatic rings. The van der Waals surface area contributed by atoms with Gasteiger partial charge in [-0.05, 0) is 18.2 Å². The van der Waals surface area contributed by atoms with Crippen molar-refractivity contribution < 1.29 is 14.3 Å². The highest BCUT2D eigenvalue weighted by molar-refractivity contribution is 6.34. The van der Waals surface area contributed by atoms with Crippen molar-refractivity contribution in [2.45, 2.75) is 0 Å². The van der Waals surface area contributed by atoms with Gasteiger partial charge in [0.1, 0.15) is 13.2 Å². The minimum absolute atomic E-state index is 0.0605. The molecular formula is C19H19ClN2O3. The largest absolute Gasteiger partial charge is 0.486 e. The van der Waals surface area contributed by atoms with Crippen LogP contribution in [0.2, 0.25) is 5.02 Å². The second-order valence-corrected chi connectivity index (χ2v) is 6.50. The molecule has 0 N–H and O–H groups in total. The quantitative estimate of drug-likeness (QED) is 0.827. The van der Waals surface area contributed by atoms with Gasteiger partial charge in [0.15, 0.2) is 11.5 Å². The number of carbonyl (C=O) groups excluding carboxylic acids is 1. The van der Waals surface area contributed by atoms with Gasteiger partial charge in [0.2, 0.25) is 0 Å². The number of hydrogen-bond acceptors (Lipinski definition) is 4. The van der Waals surface area contributed by atoms with Crippen molar-refractivity contribution in [3.63, 3.8) is 0 Å². The van der Waals surface area contributed by atoms with Crippen LogP contribution in [0.25, 0.3) is 0 Å². The molecule has 0 atom stereocenters. The number of fused-ring (bicyclic) bond motifs is 1. The first-order valence-electron chi connectivity index (χ1n) is 8.41. The predicted molar refractivity (Wildman–Crippen MR) is 97.0 cm³/mol. The molecule has 1 amide bonds. The van der Waals surface area contributed by atoms with Crippen LogP contribution in [0.1, 0.15) is 10.4 Å². The van der Waals surface area contributed by atoms with Crippen molar-refractivity contribution in [3.05, 3.63) is 53.1 Å². The Morgan fingerprint density at radius 1 is 0.920 bits per heavy atom. The number of anilines is 1. The van der Waals surface area contributed by atoms with E-state index in [1.165, 1.54) is 5.69 Å². The first-order valence-corrected chi connectivity index (χ1v) is 8.78. The Bertz CT molecular complexity index is 774. The Kier molecular flexibility index (Phi) is 4.40. The van der Waals surface area contributed by atoms with Gasteiger partial charge in [-0.3, -0.25) is 4.79 Å². The van der Waals surface area contributed by atoms with E-state index < -0.39 is 0 Å². The number of rotatable bonds is 2. The molecule has 2 aliphatic heterocycles. The lowest BCUT2D eigenvalue weighted by Gasteiger charge is -2.36. The first-order chi connectivity index (χ1) is 12.2. The van der Waals surface area contributed by atoms with Crippen molar-refractivity contribution in [3.8, 4) is 11.5 Å². The molecule has 4 rings (SSSR count). The third-order valence-electron chi connectivity index (χ3n) is 4.55. The lowest BCUT2D eigenvalue weighted by molar-refractivity contribution is 0.0746. The summed E-state index contributed by atoms with van der Waals surface area (Å²) in [5.74, 6) is 1.12. The number of piperazine rings is 1. The molecular weight excluding hydrogens is 340 g/mol. The van der Waals surface area contributed by atoms with E-state index in [0.717, 1.165) is 13.1 Å². The zero-order chi connectivity index (χ0) is 17.2. The topological polar surface area (TPSA) is 42.0 Å². The van der Waals surface area contributed by atoms with Crippen LogP contribution in [-0.4, -0.2) is 50.2 Å². The van der Waals surface area contributed by atoms with E-state index in [9.17, 15) is 4.79 Å². The van der Waals surface area contributed by atoms with Crippen molar-refractivity contribution in [2.24, 2.45) is 0 Å². The van der Waals surface area contributed by atoms with Crippen molar-refractivity contribution >= 4 is 23.2 Å². The van der Waals surface area contributed by atoms with E-state index in [0.29, 0.717) is 48.4 Å². The molecule has 2 aromatic carbocycles. The van der Waals surface area contributed by atoms with Gasteiger partial charge in [-0.25, -0.2) is 0 Å². The average molecular weight is 359 g/mol. The van der Waals surface area contributed by atoms with E-state index in [-0.39, 0.29) is 5.91 Å². The van der Waals surface area contributed by atoms with Gasteiger partial charge in [-0.15, -0.1) is 0 Å². The van der Waals surface area contributed by atoms with E-state index in [2.05, 4.69) is 17.0 Å². The fourth-order valence-corrected chi connectivity index (χ4v) is 3.44. The summed E-state index contributed by atoms with van der Waals surface area (Å²) in [6.07, 6.45) is 0. The summed E-state index contributed by atoms with van der Waals surface area (Å²) in [4.78, 5) is 17.0. The molecule has 0 unspecified atom stereocenters. The molecule has 0 bridgehead atoms. The fraction of sp³-hybridized carbons (Fsp3) is 0.316. The van der Waals surface area contributed by atoms with Gasteiger partial charge in [0.25, 0.3) is 5.91 Å². The predicted octanol–water partition coefficient (Wildman–Crippen LogP) is 3.07. The summed E-state index contributed by atoms with van der Waals surface area (Å²) in [5, 5.41) is 0.403. The number of ether oxygens (including phenoxy) is 2. The Morgan fingerprint density at radius 3 is 2.24 bits per heavy atom. The maximum Gasteiger partial charge on any atom is 0.255 e. The molecule has 0 spiro atoms. The van der Waals surface area contributed by atoms with Gasteiger partial charge >= 0.3 is 0 Å². The van der Waals surface area contributed by atoms with Crippen molar-refractivity contribution in [2.75, 3.05) is 44.3 Å². The van der Waals surface area contributed by atoms with Gasteiger partial charge in [0, 0.05) is 37.9 Å². The standard InChI is InChI=1S/C19H19ClN2O3/c20-16-13-18-17(24-10-11-25-18)12-15(16)19(23)22-8-6-21(7-9-22)14-4-2-1-3-5-14/h1-5,12-13H,6-11H2. The fourth-order valence-electron chi connectivity index (χ4n) is 3.20. The van der Waals surface area contributed by atoms with E-state index in [1.54, 1.807) is 12.1 Å². The lowest BCUT2D eigenvalue weighted by Crippen LogP contribution is -2.48. The average Bonchev–Trinajstić information content (AvgIpc) is 2.68. The number of carbonyl (C=O) groups is 1. The number of halogens is 1. The highest BCUT2D eigenvalue weighted by Crippen LogP contribution is 2.36. The number of benzene rings is 2. The second kappa shape index (κ2) is 6.84. The van der Waals surface area contributed by atoms with Crippen LogP contribution in [0.15, 0.2) is 42.5 Å². The SMILES string of the molecule is O=C(c1cc2c(cc1Cl)OCCO2)N1CCN(c2ccccc2)CC1. The normalized spacial score (nSPS) is 16.7. The lowest BCUT2D eigenvalue weighted by atomic mass is 10.1. The van der Waals surface area contributed by atoms with Crippen molar-refractivity contribution in [1.29, 1.82) is 0 Å². The summed E-state index contributed by atoms with van der Waals surface area (Å²) in [6.45, 7) is 3.92. The van der Waals surface area contributed by atoms with Crippen LogP contribution in [-0.2, 0) is 0 Å². The van der Waals surface area contributed by atoms with Crippen molar-refractivity contribution in [1.82, 2.24) is 4.90 Å². The summed E-state index contributed by atoms with van der Waals surface area (Å²) in [5.41, 5.74) is 1.66. The Labute approximate surface area is 151 Å². The second-order valence-electron chi connectivity index (χ2n) is 6.09. The molecule has 0 aliphatic carbocycles. The van der Waals surface area contributed by atoms with Crippen LogP contribution >= 0.6 is 11.6 Å². The van der Waals surface area contributed by atoms with Gasteiger partial charge in [-0.2, -0.15) is 0 Å². The van der Waals surface area contributed by atoms with Crippen LogP contribution in [0.4, 0.5) is 5.69 Å². The van der Waals surface area contributed by atoms with Crippen LogP contribution < -0.4 is 14.4 Å². The number of hydrogen-bond donors (Lipinski definition) is 0. The molecule has 5 nitrogen and oxygen atoms in total. The summed E-state index contributed by atoms with van der Waals surface area (Å²) < 4.78 is 11.1. The third kappa shape index (κ3) is 3.24. The molecule has 1 fully saturated rings. The van der Waals surface area contributed by atoms with Gasteiger partial charge < -0.3 is 19.3 Å². The zero-order valence-corrected chi connectivity index (χ0v) is 14.5. The molecule has 2 heterocycles. The summed E-state index contributed by atoms with van der Waals surface area (Å²) in [6, 6.07) is 13.6. The molecule has 0 saturated carbocycles. The number of para-hydroxylation sites is 1. The van der Waals surface area contributed by atoms with Crippen LogP contribution in [0.5, 0.6) is 11.5 Å². The van der Waals surface area contributed by atoms with Crippen LogP contribution in [0, 0.1) is 0 Å². The molecule has 25 heavy (non-hydrogen) atoms. The third-order valence-corrected chi connectivity index (χ3v) is 4.86. The maximum atomic E-state index is 12.9. The summed E-state index contributed by atoms with van der Waals surface area (Å²) in [7, 11) is 0. The molecule has 0 radical (unpaired) electrons. The Balaban J connectivity index is 1.47. The smallest absolute Gasteiger partial charge is 0.255 e. The Hall–Kier alpha value is -2.40. The summed E-state index contributed by atoms with van der Waals surface area (Å²) >= 11 is 6.31. The maximum absolute atomic E-state index is 12.9. The first kappa shape index (κ1) is 16.1. The van der Waals surface area contributed by atoms with E-state index in [4.69, 9.17) is 21.1 Å². The monoisotopic (exact) mass is 358 g/mol. The molecule has 2 aromatic rings. The highest BCUT2D eigenvalue weighted by atomic mass is 35.5. The molecule has 130 valence electrons. The number of nitrogens with zero attached hydrogens (tertiary/aromatic N) is 2. The number of amides is 1. The Morgan fingerprint density at radius 2 is 1.56 bits per heavy atom. The van der Waals surface area contributed by atoms with Gasteiger partial charge in [0.05, 0.1) is 10.6 Å². The van der Waals surface area contributed by atoms with E-state index >= 15 is 0 Å². The molecule has 6 heteroatoms. The minimum Gasteiger partial charge on any atom is -0.486 e. The zero-order valence-electron chi connectivity index (χ0n) is 13.8. The minimum atomic E-state index is -0.0605. The van der Waals surface area contributed by atoms with Gasteiger partial charge in [-0.1, -0.05) is 29.8 Å². The molecule has 0 aromatic heterocycles. The van der Waals surface area contributed by atoms with E-state index in [1.807, 2.05) is 23.1 Å².